The Hall–Kier alpha value is -2.87. The Labute approximate surface area is 149 Å². The quantitative estimate of drug-likeness (QED) is 0.694. The highest BCUT2D eigenvalue weighted by Crippen LogP contribution is 2.44. The molecule has 0 spiro atoms. The summed E-state index contributed by atoms with van der Waals surface area (Å²) in [4.78, 5) is 36.4. The van der Waals surface area contributed by atoms with E-state index >= 15 is 0 Å². The maximum atomic E-state index is 12.5. The van der Waals surface area contributed by atoms with Crippen molar-refractivity contribution in [2.75, 3.05) is 14.2 Å². The predicted molar refractivity (Wildman–Crippen MR) is 90.9 cm³/mol. The third-order valence-electron chi connectivity index (χ3n) is 4.89. The summed E-state index contributed by atoms with van der Waals surface area (Å²) in [6.07, 6.45) is 0.109. The number of nitrogens with one attached hydrogen (secondary N) is 2. The number of carbonyl (C=O) groups is 2. The van der Waals surface area contributed by atoms with Crippen LogP contribution in [0.2, 0.25) is 0 Å². The highest BCUT2D eigenvalue weighted by atomic mass is 16.5. The first-order chi connectivity index (χ1) is 12.3. The molecule has 3 atom stereocenters. The van der Waals surface area contributed by atoms with Crippen LogP contribution < -0.4 is 5.56 Å². The summed E-state index contributed by atoms with van der Waals surface area (Å²) in [5.41, 5.74) is 0.110. The number of hydrogen-bond donors (Lipinski definition) is 3. The molecular weight excluding hydrogens is 340 g/mol. The molecule has 3 N–H and O–H groups in total. The van der Waals surface area contributed by atoms with Gasteiger partial charge in [-0.05, 0) is 24.6 Å². The molecule has 0 fully saturated rings. The molecule has 0 radical (unpaired) electrons. The molecule has 0 bridgehead atoms. The molecule has 1 aliphatic carbocycles. The van der Waals surface area contributed by atoms with E-state index < -0.39 is 29.4 Å². The lowest BCUT2D eigenvalue weighted by molar-refractivity contribution is -0.156. The molecule has 26 heavy (non-hydrogen) atoms. The van der Waals surface area contributed by atoms with Gasteiger partial charge in [-0.2, -0.15) is 0 Å². The van der Waals surface area contributed by atoms with Crippen molar-refractivity contribution in [3.63, 3.8) is 0 Å². The Morgan fingerprint density at radius 1 is 1.15 bits per heavy atom. The van der Waals surface area contributed by atoms with Gasteiger partial charge in [-0.25, -0.2) is 4.79 Å². The van der Waals surface area contributed by atoms with Crippen molar-refractivity contribution in [1.82, 2.24) is 10.2 Å². The predicted octanol–water partition coefficient (Wildman–Crippen LogP) is 0.718. The summed E-state index contributed by atoms with van der Waals surface area (Å²) in [5.74, 6) is -2.79. The van der Waals surface area contributed by atoms with Crippen molar-refractivity contribution in [2.24, 2.45) is 5.92 Å². The zero-order valence-electron chi connectivity index (χ0n) is 14.7. The maximum Gasteiger partial charge on any atom is 0.337 e. The smallest absolute Gasteiger partial charge is 0.337 e. The maximum absolute atomic E-state index is 12.5. The Balaban J connectivity index is 2.16. The number of ether oxygens (including phenoxy) is 2. The molecule has 1 aliphatic rings. The van der Waals surface area contributed by atoms with Crippen LogP contribution in [0.3, 0.4) is 0 Å². The van der Waals surface area contributed by atoms with Gasteiger partial charge in [0.1, 0.15) is 0 Å². The fraction of sp³-hybridized carbons (Fsp3) is 0.389. The molecule has 0 aliphatic heterocycles. The van der Waals surface area contributed by atoms with Gasteiger partial charge in [0.15, 0.2) is 0 Å². The van der Waals surface area contributed by atoms with Gasteiger partial charge in [-0.3, -0.25) is 14.7 Å². The first-order valence-corrected chi connectivity index (χ1v) is 8.08. The van der Waals surface area contributed by atoms with Crippen LogP contribution in [0.5, 0.6) is 0 Å². The Bertz CT molecular complexity index is 893. The average Bonchev–Trinajstić information content (AvgIpc) is 2.98. The summed E-state index contributed by atoms with van der Waals surface area (Å²) >= 11 is 0. The average molecular weight is 360 g/mol. The van der Waals surface area contributed by atoms with Gasteiger partial charge >= 0.3 is 11.9 Å². The number of carbonyl (C=O) groups excluding carboxylic acids is 2. The van der Waals surface area contributed by atoms with Crippen molar-refractivity contribution in [3.8, 4) is 0 Å². The molecule has 0 saturated heterocycles. The van der Waals surface area contributed by atoms with Crippen LogP contribution in [-0.4, -0.2) is 47.1 Å². The zero-order valence-corrected chi connectivity index (χ0v) is 14.7. The largest absolute Gasteiger partial charge is 0.469 e. The SMILES string of the molecule is COC(=O)c1ccc([C@@H]2c3c([nH][nH]c3=O)C[C@](C)(O)[C@@H]2C(=O)OC)cc1. The van der Waals surface area contributed by atoms with E-state index in [1.54, 1.807) is 31.2 Å². The third-order valence-corrected chi connectivity index (χ3v) is 4.89. The third kappa shape index (κ3) is 2.82. The summed E-state index contributed by atoms with van der Waals surface area (Å²) in [6.45, 7) is 1.54. The molecule has 0 unspecified atom stereocenters. The molecule has 138 valence electrons. The molecule has 3 rings (SSSR count). The van der Waals surface area contributed by atoms with Gasteiger partial charge < -0.3 is 19.7 Å². The van der Waals surface area contributed by atoms with Gasteiger partial charge in [0.05, 0.1) is 31.3 Å². The fourth-order valence-corrected chi connectivity index (χ4v) is 3.69. The van der Waals surface area contributed by atoms with Crippen LogP contribution in [0.1, 0.15) is 40.0 Å². The van der Waals surface area contributed by atoms with E-state index in [2.05, 4.69) is 14.9 Å². The van der Waals surface area contributed by atoms with Gasteiger partial charge in [0.25, 0.3) is 5.56 Å². The summed E-state index contributed by atoms with van der Waals surface area (Å²) in [6, 6.07) is 6.40. The minimum Gasteiger partial charge on any atom is -0.469 e. The summed E-state index contributed by atoms with van der Waals surface area (Å²) < 4.78 is 9.57. The van der Waals surface area contributed by atoms with Crippen molar-refractivity contribution in [3.05, 3.63) is 57.0 Å². The Kier molecular flexibility index (Phi) is 4.45. The van der Waals surface area contributed by atoms with Crippen LogP contribution in [-0.2, 0) is 20.7 Å². The standard InChI is InChI=1S/C18H20N2O6/c1-18(24)8-11-13(15(21)20-19-11)12(14(18)17(23)26-3)9-4-6-10(7-5-9)16(22)25-2/h4-7,12,14,24H,8H2,1-3H3,(H2,19,20,21)/t12-,14+,18+/m1/s1. The lowest BCUT2D eigenvalue weighted by Gasteiger charge is -2.40. The minimum absolute atomic E-state index is 0.109. The lowest BCUT2D eigenvalue weighted by Crippen LogP contribution is -2.49. The summed E-state index contributed by atoms with van der Waals surface area (Å²) in [5, 5.41) is 16.2. The van der Waals surface area contributed by atoms with Gasteiger partial charge in [-0.15, -0.1) is 0 Å². The van der Waals surface area contributed by atoms with Crippen LogP contribution >= 0.6 is 0 Å². The normalized spacial score (nSPS) is 24.6. The van der Waals surface area contributed by atoms with Gasteiger partial charge in [0.2, 0.25) is 0 Å². The molecule has 1 aromatic heterocycles. The molecule has 2 aromatic rings. The van der Waals surface area contributed by atoms with Crippen LogP contribution in [0.4, 0.5) is 0 Å². The number of hydrogen-bond acceptors (Lipinski definition) is 6. The second-order valence-corrected chi connectivity index (χ2v) is 6.60. The van der Waals surface area contributed by atoms with E-state index in [9.17, 15) is 19.5 Å². The van der Waals surface area contributed by atoms with Gasteiger partial charge in [-0.1, -0.05) is 12.1 Å². The fourth-order valence-electron chi connectivity index (χ4n) is 3.69. The molecule has 1 aromatic carbocycles. The topological polar surface area (TPSA) is 121 Å². The number of H-pyrrole nitrogens is 2. The number of methoxy groups -OCH3 is 2. The first kappa shape index (κ1) is 17.9. The van der Waals surface area contributed by atoms with E-state index in [0.29, 0.717) is 22.4 Å². The number of aliphatic hydroxyl groups is 1. The number of fused-ring (bicyclic) bond motifs is 1. The van der Waals surface area contributed by atoms with E-state index in [0.717, 1.165) is 0 Å². The lowest BCUT2D eigenvalue weighted by atomic mass is 9.66. The second kappa shape index (κ2) is 6.45. The van der Waals surface area contributed by atoms with Crippen LogP contribution in [0.25, 0.3) is 0 Å². The van der Waals surface area contributed by atoms with E-state index in [4.69, 9.17) is 4.74 Å². The van der Waals surface area contributed by atoms with Crippen LogP contribution in [0, 0.1) is 5.92 Å². The summed E-state index contributed by atoms with van der Waals surface area (Å²) in [7, 11) is 2.53. The minimum atomic E-state index is -1.42. The highest BCUT2D eigenvalue weighted by Gasteiger charge is 2.51. The molecule has 0 saturated carbocycles. The van der Waals surface area contributed by atoms with Gasteiger partial charge in [0, 0.05) is 23.6 Å². The van der Waals surface area contributed by atoms with Crippen molar-refractivity contribution >= 4 is 11.9 Å². The van der Waals surface area contributed by atoms with E-state index in [1.165, 1.54) is 14.2 Å². The number of esters is 2. The zero-order chi connectivity index (χ0) is 19.1. The molecule has 0 amide bonds. The van der Waals surface area contributed by atoms with E-state index in [-0.39, 0.29) is 12.0 Å². The Morgan fingerprint density at radius 3 is 2.38 bits per heavy atom. The second-order valence-electron chi connectivity index (χ2n) is 6.60. The van der Waals surface area contributed by atoms with E-state index in [1.807, 2.05) is 0 Å². The highest BCUT2D eigenvalue weighted by molar-refractivity contribution is 5.89. The molecule has 8 nitrogen and oxygen atoms in total. The molecule has 8 heteroatoms. The number of aromatic nitrogens is 2. The van der Waals surface area contributed by atoms with Crippen LogP contribution in [0.15, 0.2) is 29.1 Å². The number of benzene rings is 1. The molecular formula is C18H20N2O6. The van der Waals surface area contributed by atoms with Crippen molar-refractivity contribution < 1.29 is 24.2 Å². The number of aromatic amines is 2. The van der Waals surface area contributed by atoms with Crippen molar-refractivity contribution in [2.45, 2.75) is 24.9 Å². The van der Waals surface area contributed by atoms with Crippen molar-refractivity contribution in [1.29, 1.82) is 0 Å². The molecule has 1 heterocycles. The Morgan fingerprint density at radius 2 is 1.81 bits per heavy atom. The number of rotatable bonds is 3. The first-order valence-electron chi connectivity index (χ1n) is 8.08. The monoisotopic (exact) mass is 360 g/mol.